The van der Waals surface area contributed by atoms with Gasteiger partial charge in [0, 0.05) is 30.4 Å². The summed E-state index contributed by atoms with van der Waals surface area (Å²) in [6, 6.07) is 12.5. The number of alkyl halides is 3. The summed E-state index contributed by atoms with van der Waals surface area (Å²) in [5.74, 6) is 0.246. The van der Waals surface area contributed by atoms with Crippen molar-refractivity contribution >= 4 is 30.1 Å². The molecule has 2 aliphatic rings. The number of amides is 1. The highest BCUT2D eigenvalue weighted by atomic mass is 19.4. The lowest BCUT2D eigenvalue weighted by Crippen LogP contribution is -2.41. The number of aromatic nitrogens is 3. The van der Waals surface area contributed by atoms with Gasteiger partial charge in [-0.05, 0) is 63.0 Å². The molecule has 0 atom stereocenters. The van der Waals surface area contributed by atoms with E-state index in [9.17, 15) is 18.0 Å². The number of rotatable bonds is 5. The smallest absolute Gasteiger partial charge is 0.399 e. The molecule has 0 saturated carbocycles. The molecule has 1 fully saturated rings. The molecule has 0 radical (unpaired) electrons. The van der Waals surface area contributed by atoms with Gasteiger partial charge in [0.2, 0.25) is 5.95 Å². The van der Waals surface area contributed by atoms with E-state index in [4.69, 9.17) is 9.31 Å². The number of nitrogens with zero attached hydrogens (tertiary/aromatic N) is 4. The van der Waals surface area contributed by atoms with Gasteiger partial charge in [0.15, 0.2) is 5.82 Å². The Balaban J connectivity index is 1.30. The fraction of sp³-hybridized carbons (Fsp3) is 0.400. The van der Waals surface area contributed by atoms with Crippen LogP contribution in [0.2, 0.25) is 0 Å². The number of halogens is 3. The predicted molar refractivity (Wildman–Crippen MR) is 133 cm³/mol. The second kappa shape index (κ2) is 8.59. The predicted octanol–water partition coefficient (Wildman–Crippen LogP) is 4.04. The van der Waals surface area contributed by atoms with Crippen LogP contribution in [-0.2, 0) is 22.9 Å². The minimum absolute atomic E-state index is 0.103. The Labute approximate surface area is 212 Å². The maximum Gasteiger partial charge on any atom is 0.494 e. The van der Waals surface area contributed by atoms with Crippen molar-refractivity contribution < 1.29 is 27.3 Å². The van der Waals surface area contributed by atoms with Gasteiger partial charge in [0.1, 0.15) is 6.54 Å². The molecule has 1 amide bonds. The van der Waals surface area contributed by atoms with Crippen molar-refractivity contribution in [3.05, 3.63) is 53.6 Å². The van der Waals surface area contributed by atoms with E-state index in [0.717, 1.165) is 16.1 Å². The third-order valence-corrected chi connectivity index (χ3v) is 7.07. The summed E-state index contributed by atoms with van der Waals surface area (Å²) in [5.41, 5.74) is 2.23. The summed E-state index contributed by atoms with van der Waals surface area (Å²) in [4.78, 5) is 17.7. The number of carbonyl (C=O) groups is 1. The van der Waals surface area contributed by atoms with E-state index in [0.29, 0.717) is 22.9 Å². The molecule has 3 aromatic rings. The van der Waals surface area contributed by atoms with Gasteiger partial charge in [-0.1, -0.05) is 18.2 Å². The van der Waals surface area contributed by atoms with E-state index >= 15 is 0 Å². The molecule has 0 bridgehead atoms. The van der Waals surface area contributed by atoms with Crippen molar-refractivity contribution in [2.75, 3.05) is 11.9 Å². The van der Waals surface area contributed by atoms with Crippen molar-refractivity contribution in [2.24, 2.45) is 7.05 Å². The lowest BCUT2D eigenvalue weighted by Gasteiger charge is -2.32. The van der Waals surface area contributed by atoms with E-state index < -0.39 is 36.9 Å². The number of anilines is 2. The molecule has 2 aromatic carbocycles. The van der Waals surface area contributed by atoms with Gasteiger partial charge in [-0.25, -0.2) is 4.68 Å². The molecule has 0 aliphatic carbocycles. The average molecular weight is 513 g/mol. The molecule has 8 nitrogen and oxygen atoms in total. The van der Waals surface area contributed by atoms with Crippen LogP contribution in [0.5, 0.6) is 0 Å². The normalized spacial score (nSPS) is 18.4. The zero-order valence-corrected chi connectivity index (χ0v) is 21.2. The largest absolute Gasteiger partial charge is 0.494 e. The highest BCUT2D eigenvalue weighted by Gasteiger charge is 2.51. The lowest BCUT2D eigenvalue weighted by atomic mass is 9.79. The Morgan fingerprint density at radius 3 is 2.32 bits per heavy atom. The zero-order valence-electron chi connectivity index (χ0n) is 21.2. The average Bonchev–Trinajstić information content (AvgIpc) is 3.38. The van der Waals surface area contributed by atoms with E-state index in [1.807, 2.05) is 52.0 Å². The summed E-state index contributed by atoms with van der Waals surface area (Å²) in [6.07, 6.45) is -4.45. The highest BCUT2D eigenvalue weighted by Crippen LogP contribution is 2.36. The fourth-order valence-electron chi connectivity index (χ4n) is 4.31. The minimum atomic E-state index is -4.45. The van der Waals surface area contributed by atoms with Gasteiger partial charge < -0.3 is 19.5 Å². The van der Waals surface area contributed by atoms with E-state index in [1.54, 1.807) is 23.9 Å². The Bertz CT molecular complexity index is 1340. The van der Waals surface area contributed by atoms with Gasteiger partial charge in [-0.3, -0.25) is 4.79 Å². The number of hydrogen-bond donors (Lipinski definition) is 1. The number of carbonyl (C=O) groups excluding carboxylic acids is 1. The molecule has 0 unspecified atom stereocenters. The Morgan fingerprint density at radius 1 is 1.05 bits per heavy atom. The molecular formula is C25H27BF3N5O3. The zero-order chi connectivity index (χ0) is 26.8. The van der Waals surface area contributed by atoms with Gasteiger partial charge >= 0.3 is 13.3 Å². The van der Waals surface area contributed by atoms with Gasteiger partial charge in [-0.2, -0.15) is 18.2 Å². The van der Waals surface area contributed by atoms with Crippen molar-refractivity contribution in [2.45, 2.75) is 51.6 Å². The van der Waals surface area contributed by atoms with E-state index in [2.05, 4.69) is 15.4 Å². The van der Waals surface area contributed by atoms with E-state index in [1.165, 1.54) is 6.07 Å². The molecule has 0 spiro atoms. The molecule has 5 rings (SSSR count). The number of aryl methyl sites for hydroxylation is 1. The van der Waals surface area contributed by atoms with E-state index in [-0.39, 0.29) is 12.1 Å². The third kappa shape index (κ3) is 4.83. The van der Waals surface area contributed by atoms with Crippen LogP contribution in [-0.4, -0.2) is 56.6 Å². The Hall–Kier alpha value is -3.38. The van der Waals surface area contributed by atoms with Gasteiger partial charge in [0.25, 0.3) is 5.91 Å². The number of benzene rings is 2. The molecule has 12 heteroatoms. The monoisotopic (exact) mass is 513 g/mol. The lowest BCUT2D eigenvalue weighted by molar-refractivity contribution is -0.140. The topological polar surface area (TPSA) is 81.5 Å². The fourth-order valence-corrected chi connectivity index (χ4v) is 4.31. The number of hydrogen-bond acceptors (Lipinski definition) is 6. The first-order chi connectivity index (χ1) is 17.2. The van der Waals surface area contributed by atoms with Crippen molar-refractivity contribution in [1.29, 1.82) is 0 Å². The summed E-state index contributed by atoms with van der Waals surface area (Å²) >= 11 is 0. The standard InChI is InChI=1S/C25H27BF3N5O3/c1-23(2)24(3,4)37-26(36-23)17-7-9-18(10-8-17)30-22-31-20(32-33(22)5)15-6-11-19-16(12-15)13-34(21(19)35)14-25(27,28)29/h6-12H,13-14H2,1-5H3,(H,30,31,32). The van der Waals surface area contributed by atoms with Crippen LogP contribution in [0.4, 0.5) is 24.8 Å². The van der Waals surface area contributed by atoms with Crippen LogP contribution in [0.15, 0.2) is 42.5 Å². The molecule has 2 aliphatic heterocycles. The first-order valence-corrected chi connectivity index (χ1v) is 11.9. The molecular weight excluding hydrogens is 486 g/mol. The first kappa shape index (κ1) is 25.3. The van der Waals surface area contributed by atoms with Crippen LogP contribution in [0, 0.1) is 0 Å². The number of fused-ring (bicyclic) bond motifs is 1. The molecule has 1 aromatic heterocycles. The second-order valence-corrected chi connectivity index (χ2v) is 10.4. The van der Waals surface area contributed by atoms with Gasteiger partial charge in [0.05, 0.1) is 11.2 Å². The molecule has 1 saturated heterocycles. The molecule has 1 N–H and O–H groups in total. The Kier molecular flexibility index (Phi) is 5.87. The van der Waals surface area contributed by atoms with Crippen LogP contribution in [0.1, 0.15) is 43.6 Å². The maximum atomic E-state index is 12.8. The van der Waals surface area contributed by atoms with Crippen molar-refractivity contribution in [1.82, 2.24) is 19.7 Å². The first-order valence-electron chi connectivity index (χ1n) is 11.9. The summed E-state index contributed by atoms with van der Waals surface area (Å²) in [5, 5.41) is 7.66. The summed E-state index contributed by atoms with van der Waals surface area (Å²) < 4.78 is 52.2. The van der Waals surface area contributed by atoms with Crippen molar-refractivity contribution in [3.8, 4) is 11.4 Å². The van der Waals surface area contributed by atoms with Crippen LogP contribution in [0.25, 0.3) is 11.4 Å². The van der Waals surface area contributed by atoms with Crippen LogP contribution in [0.3, 0.4) is 0 Å². The van der Waals surface area contributed by atoms with Crippen LogP contribution >= 0.6 is 0 Å². The highest BCUT2D eigenvalue weighted by molar-refractivity contribution is 6.62. The van der Waals surface area contributed by atoms with Crippen molar-refractivity contribution in [3.63, 3.8) is 0 Å². The third-order valence-electron chi connectivity index (χ3n) is 7.07. The molecule has 3 heterocycles. The second-order valence-electron chi connectivity index (χ2n) is 10.4. The summed E-state index contributed by atoms with van der Waals surface area (Å²) in [7, 11) is 1.28. The summed E-state index contributed by atoms with van der Waals surface area (Å²) in [6.45, 7) is 6.64. The Morgan fingerprint density at radius 2 is 1.70 bits per heavy atom. The molecule has 194 valence electrons. The van der Waals surface area contributed by atoms with Gasteiger partial charge in [-0.15, -0.1) is 5.10 Å². The van der Waals surface area contributed by atoms with Crippen LogP contribution < -0.4 is 10.8 Å². The minimum Gasteiger partial charge on any atom is -0.399 e. The molecule has 37 heavy (non-hydrogen) atoms. The SMILES string of the molecule is Cn1nc(-c2ccc3c(c2)CN(CC(F)(F)F)C3=O)nc1Nc1ccc(B2OC(C)(C)C(C)(C)O2)cc1. The number of nitrogens with one attached hydrogen (secondary N) is 1. The quantitative estimate of drug-likeness (QED) is 0.519. The maximum absolute atomic E-state index is 12.8.